The van der Waals surface area contributed by atoms with E-state index in [4.69, 9.17) is 5.11 Å². The molecule has 0 spiro atoms. The van der Waals surface area contributed by atoms with Crippen molar-refractivity contribution in [1.29, 1.82) is 0 Å². The Kier molecular flexibility index (Phi) is 5.22. The lowest BCUT2D eigenvalue weighted by atomic mass is 10.1. The second-order valence-corrected chi connectivity index (χ2v) is 2.54. The molecular weight excluding hydrogens is 128 g/mol. The molecule has 60 valence electrons. The summed E-state index contributed by atoms with van der Waals surface area (Å²) in [4.78, 5) is 10.7. The third-order valence-corrected chi connectivity index (χ3v) is 1.48. The highest BCUT2D eigenvalue weighted by Gasteiger charge is 2.06. The first-order valence-electron chi connectivity index (χ1n) is 3.90. The predicted molar refractivity (Wildman–Crippen MR) is 40.8 cm³/mol. The molecule has 0 heterocycles. The second-order valence-electron chi connectivity index (χ2n) is 2.54. The summed E-state index contributed by atoms with van der Waals surface area (Å²) >= 11 is 0. The van der Waals surface area contributed by atoms with Crippen molar-refractivity contribution in [1.82, 2.24) is 0 Å². The molecule has 0 bridgehead atoms. The van der Waals surface area contributed by atoms with E-state index in [-0.39, 0.29) is 5.78 Å². The Balaban J connectivity index is 3.37. The van der Waals surface area contributed by atoms with E-state index >= 15 is 0 Å². The molecule has 0 rings (SSSR count). The van der Waals surface area contributed by atoms with Gasteiger partial charge in [0.1, 0.15) is 5.78 Å². The van der Waals surface area contributed by atoms with Gasteiger partial charge in [-0.25, -0.2) is 0 Å². The van der Waals surface area contributed by atoms with Gasteiger partial charge in [-0.15, -0.1) is 0 Å². The third-order valence-electron chi connectivity index (χ3n) is 1.48. The fraction of sp³-hybridized carbons (Fsp3) is 0.875. The van der Waals surface area contributed by atoms with Crippen LogP contribution in [0.25, 0.3) is 0 Å². The number of aliphatic hydroxyl groups is 1. The zero-order valence-electron chi connectivity index (χ0n) is 6.76. The van der Waals surface area contributed by atoms with Crippen LogP contribution in [0, 0.1) is 0 Å². The molecule has 0 fully saturated rings. The molecule has 0 radical (unpaired) electrons. The van der Waals surface area contributed by atoms with Gasteiger partial charge in [0.05, 0.1) is 6.10 Å². The van der Waals surface area contributed by atoms with Gasteiger partial charge in [-0.3, -0.25) is 4.79 Å². The molecule has 0 aliphatic carbocycles. The van der Waals surface area contributed by atoms with E-state index in [0.717, 1.165) is 12.8 Å². The Morgan fingerprint density at radius 1 is 1.50 bits per heavy atom. The van der Waals surface area contributed by atoms with Gasteiger partial charge < -0.3 is 5.11 Å². The van der Waals surface area contributed by atoms with Crippen LogP contribution < -0.4 is 0 Å². The minimum Gasteiger partial charge on any atom is -0.393 e. The highest BCUT2D eigenvalue weighted by Crippen LogP contribution is 2.02. The van der Waals surface area contributed by atoms with Gasteiger partial charge in [0.25, 0.3) is 0 Å². The normalized spacial score (nSPS) is 13.1. The first-order chi connectivity index (χ1) is 4.70. The molecule has 2 heteroatoms. The number of Topliss-reactive ketones (excluding diaryl/α,β-unsaturated/α-hetero) is 1. The molecule has 0 amide bonds. The monoisotopic (exact) mass is 144 g/mol. The van der Waals surface area contributed by atoms with Gasteiger partial charge in [0, 0.05) is 12.8 Å². The van der Waals surface area contributed by atoms with Gasteiger partial charge in [-0.1, -0.05) is 20.3 Å². The second kappa shape index (κ2) is 5.42. The van der Waals surface area contributed by atoms with E-state index < -0.39 is 6.10 Å². The minimum atomic E-state index is -0.405. The molecule has 0 aliphatic heterocycles. The van der Waals surface area contributed by atoms with Gasteiger partial charge >= 0.3 is 0 Å². The van der Waals surface area contributed by atoms with Crippen molar-refractivity contribution in [2.45, 2.75) is 45.6 Å². The summed E-state index contributed by atoms with van der Waals surface area (Å²) in [6, 6.07) is 0. The lowest BCUT2D eigenvalue weighted by molar-refractivity contribution is -0.120. The van der Waals surface area contributed by atoms with Crippen molar-refractivity contribution in [2.75, 3.05) is 0 Å². The fourth-order valence-corrected chi connectivity index (χ4v) is 0.842. The Hall–Kier alpha value is -0.370. The van der Waals surface area contributed by atoms with Crippen LogP contribution in [0.15, 0.2) is 0 Å². The van der Waals surface area contributed by atoms with Crippen LogP contribution in [0.3, 0.4) is 0 Å². The van der Waals surface area contributed by atoms with Crippen molar-refractivity contribution >= 4 is 5.78 Å². The molecule has 0 aliphatic rings. The van der Waals surface area contributed by atoms with Crippen LogP contribution in [0.4, 0.5) is 0 Å². The molecule has 0 aromatic rings. The lowest BCUT2D eigenvalue weighted by Gasteiger charge is -2.05. The zero-order valence-corrected chi connectivity index (χ0v) is 6.76. The first kappa shape index (κ1) is 9.63. The minimum absolute atomic E-state index is 0.154. The van der Waals surface area contributed by atoms with Crippen LogP contribution in [0.2, 0.25) is 0 Å². The summed E-state index contributed by atoms with van der Waals surface area (Å²) in [5.41, 5.74) is 0. The van der Waals surface area contributed by atoms with Crippen molar-refractivity contribution in [3.8, 4) is 0 Å². The largest absolute Gasteiger partial charge is 0.393 e. The van der Waals surface area contributed by atoms with Crippen molar-refractivity contribution in [2.24, 2.45) is 0 Å². The smallest absolute Gasteiger partial charge is 0.135 e. The molecule has 0 aromatic heterocycles. The average Bonchev–Trinajstić information content (AvgIpc) is 1.88. The first-order valence-corrected chi connectivity index (χ1v) is 3.90. The summed E-state index contributed by atoms with van der Waals surface area (Å²) in [7, 11) is 0. The number of hydrogen-bond acceptors (Lipinski definition) is 2. The third kappa shape index (κ3) is 4.50. The number of aliphatic hydroxyl groups excluding tert-OH is 1. The van der Waals surface area contributed by atoms with E-state index in [1.54, 1.807) is 0 Å². The van der Waals surface area contributed by atoms with Crippen LogP contribution in [0.5, 0.6) is 0 Å². The molecule has 0 unspecified atom stereocenters. The maximum Gasteiger partial charge on any atom is 0.135 e. The Morgan fingerprint density at radius 3 is 2.50 bits per heavy atom. The number of carbonyl (C=O) groups excluding carboxylic acids is 1. The van der Waals surface area contributed by atoms with Crippen LogP contribution in [0.1, 0.15) is 39.5 Å². The number of hydrogen-bond donors (Lipinski definition) is 1. The maximum atomic E-state index is 10.7. The topological polar surface area (TPSA) is 37.3 Å². The molecule has 2 nitrogen and oxygen atoms in total. The lowest BCUT2D eigenvalue weighted by Crippen LogP contribution is -2.11. The van der Waals surface area contributed by atoms with E-state index in [0.29, 0.717) is 12.8 Å². The number of carbonyl (C=O) groups is 1. The molecular formula is C8H16O2. The predicted octanol–water partition coefficient (Wildman–Crippen LogP) is 1.52. The van der Waals surface area contributed by atoms with Gasteiger partial charge in [-0.2, -0.15) is 0 Å². The van der Waals surface area contributed by atoms with E-state index in [2.05, 4.69) is 0 Å². The van der Waals surface area contributed by atoms with E-state index in [1.165, 1.54) is 0 Å². The SMILES string of the molecule is CCC[C@@H](O)CC(=O)CC. The Labute approximate surface area is 62.2 Å². The molecule has 0 saturated heterocycles. The van der Waals surface area contributed by atoms with Crippen molar-refractivity contribution in [3.05, 3.63) is 0 Å². The number of ketones is 1. The Morgan fingerprint density at radius 2 is 2.10 bits per heavy atom. The van der Waals surface area contributed by atoms with Crippen molar-refractivity contribution in [3.63, 3.8) is 0 Å². The summed E-state index contributed by atoms with van der Waals surface area (Å²) in [6.07, 6.45) is 2.16. The molecule has 1 N–H and O–H groups in total. The van der Waals surface area contributed by atoms with Crippen LogP contribution in [-0.4, -0.2) is 17.0 Å². The summed E-state index contributed by atoms with van der Waals surface area (Å²) in [5.74, 6) is 0.154. The molecule has 1 atom stereocenters. The van der Waals surface area contributed by atoms with E-state index in [1.807, 2.05) is 13.8 Å². The zero-order chi connectivity index (χ0) is 7.98. The van der Waals surface area contributed by atoms with Crippen LogP contribution in [-0.2, 0) is 4.79 Å². The summed E-state index contributed by atoms with van der Waals surface area (Å²) in [6.45, 7) is 3.82. The highest BCUT2D eigenvalue weighted by molar-refractivity contribution is 5.78. The average molecular weight is 144 g/mol. The quantitative estimate of drug-likeness (QED) is 0.635. The highest BCUT2D eigenvalue weighted by atomic mass is 16.3. The molecule has 0 saturated carbocycles. The number of rotatable bonds is 5. The standard InChI is InChI=1S/C8H16O2/c1-3-5-8(10)6-7(9)4-2/h8,10H,3-6H2,1-2H3/t8-/m1/s1. The van der Waals surface area contributed by atoms with Gasteiger partial charge in [0.2, 0.25) is 0 Å². The van der Waals surface area contributed by atoms with Gasteiger partial charge in [0.15, 0.2) is 0 Å². The van der Waals surface area contributed by atoms with E-state index in [9.17, 15) is 4.79 Å². The molecule has 10 heavy (non-hydrogen) atoms. The van der Waals surface area contributed by atoms with Crippen molar-refractivity contribution < 1.29 is 9.90 Å². The fourth-order valence-electron chi connectivity index (χ4n) is 0.842. The Bertz CT molecular complexity index is 99.4. The van der Waals surface area contributed by atoms with Crippen LogP contribution >= 0.6 is 0 Å². The summed E-state index contributed by atoms with van der Waals surface area (Å²) in [5, 5.41) is 9.13. The van der Waals surface area contributed by atoms with Gasteiger partial charge in [-0.05, 0) is 6.42 Å². The summed E-state index contributed by atoms with van der Waals surface area (Å²) < 4.78 is 0. The molecule has 0 aromatic carbocycles. The maximum absolute atomic E-state index is 10.7.